The Balaban J connectivity index is 2.34. The smallest absolute Gasteiger partial charge is 0.253 e. The lowest BCUT2D eigenvalue weighted by Crippen LogP contribution is -2.47. The number of sulfonamides is 1. The zero-order valence-corrected chi connectivity index (χ0v) is 13.9. The predicted octanol–water partition coefficient (Wildman–Crippen LogP) is 2.96. The van der Waals surface area contributed by atoms with E-state index in [0.717, 1.165) is 11.3 Å². The summed E-state index contributed by atoms with van der Waals surface area (Å²) >= 11 is 10.2. The molecule has 0 aliphatic carbocycles. The van der Waals surface area contributed by atoms with Crippen molar-refractivity contribution >= 4 is 48.9 Å². The fraction of sp³-hybridized carbons (Fsp3) is 0.600. The van der Waals surface area contributed by atoms with Gasteiger partial charge in [-0.1, -0.05) is 11.6 Å². The van der Waals surface area contributed by atoms with Gasteiger partial charge < -0.3 is 4.74 Å². The highest BCUT2D eigenvalue weighted by Gasteiger charge is 2.34. The van der Waals surface area contributed by atoms with Crippen LogP contribution >= 0.6 is 38.9 Å². The zero-order chi connectivity index (χ0) is 13.5. The van der Waals surface area contributed by atoms with E-state index >= 15 is 0 Å². The maximum absolute atomic E-state index is 12.5. The summed E-state index contributed by atoms with van der Waals surface area (Å²) in [7, 11) is -3.50. The van der Waals surface area contributed by atoms with Crippen molar-refractivity contribution in [2.45, 2.75) is 30.3 Å². The molecule has 102 valence electrons. The van der Waals surface area contributed by atoms with E-state index in [1.54, 1.807) is 6.07 Å². The quantitative estimate of drug-likeness (QED) is 0.799. The van der Waals surface area contributed by atoms with Crippen molar-refractivity contribution in [1.29, 1.82) is 0 Å². The monoisotopic (exact) mass is 373 g/mol. The van der Waals surface area contributed by atoms with Gasteiger partial charge in [0.1, 0.15) is 0 Å². The third kappa shape index (κ3) is 2.91. The van der Waals surface area contributed by atoms with Crippen LogP contribution < -0.4 is 0 Å². The molecule has 0 N–H and O–H groups in total. The van der Waals surface area contributed by atoms with Gasteiger partial charge in [0, 0.05) is 13.1 Å². The number of ether oxygens (including phenoxy) is 1. The summed E-state index contributed by atoms with van der Waals surface area (Å²) in [6, 6.07) is 1.60. The number of hydrogen-bond donors (Lipinski definition) is 0. The maximum Gasteiger partial charge on any atom is 0.253 e. The van der Waals surface area contributed by atoms with Crippen LogP contribution in [0.25, 0.3) is 0 Å². The summed E-state index contributed by atoms with van der Waals surface area (Å²) < 4.78 is 33.2. The van der Waals surface area contributed by atoms with Crippen molar-refractivity contribution in [3.8, 4) is 0 Å². The standard InChI is InChI=1S/C10H13BrClNO3S2/c1-6-4-13(5-7(2)16-6)18(14,15)10-8(11)3-9(12)17-10/h3,6-7H,4-5H2,1-2H3/t6-,7+. The molecule has 1 aromatic rings. The van der Waals surface area contributed by atoms with Crippen molar-refractivity contribution in [3.63, 3.8) is 0 Å². The van der Waals surface area contributed by atoms with Crippen LogP contribution in [0.1, 0.15) is 13.8 Å². The van der Waals surface area contributed by atoms with E-state index in [4.69, 9.17) is 16.3 Å². The first-order valence-electron chi connectivity index (χ1n) is 5.41. The van der Waals surface area contributed by atoms with Crippen LogP contribution in [0.5, 0.6) is 0 Å². The Morgan fingerprint density at radius 3 is 2.44 bits per heavy atom. The molecule has 4 nitrogen and oxygen atoms in total. The molecule has 2 rings (SSSR count). The lowest BCUT2D eigenvalue weighted by atomic mass is 10.3. The van der Waals surface area contributed by atoms with Gasteiger partial charge in [0.25, 0.3) is 10.0 Å². The Labute approximate surface area is 124 Å². The summed E-state index contributed by atoms with van der Waals surface area (Å²) in [5.41, 5.74) is 0. The van der Waals surface area contributed by atoms with E-state index in [9.17, 15) is 8.42 Å². The molecule has 1 aliphatic heterocycles. The highest BCUT2D eigenvalue weighted by molar-refractivity contribution is 9.10. The van der Waals surface area contributed by atoms with E-state index in [1.165, 1.54) is 4.31 Å². The van der Waals surface area contributed by atoms with Gasteiger partial charge in [-0.2, -0.15) is 4.31 Å². The minimum Gasteiger partial charge on any atom is -0.373 e. The maximum atomic E-state index is 12.5. The molecule has 0 bridgehead atoms. The van der Waals surface area contributed by atoms with Gasteiger partial charge in [-0.15, -0.1) is 11.3 Å². The summed E-state index contributed by atoms with van der Waals surface area (Å²) in [6.45, 7) is 4.48. The normalized spacial score (nSPS) is 26.4. The van der Waals surface area contributed by atoms with Gasteiger partial charge in [-0.05, 0) is 35.8 Å². The topological polar surface area (TPSA) is 46.6 Å². The molecule has 0 saturated carbocycles. The molecule has 0 radical (unpaired) electrons. The van der Waals surface area contributed by atoms with Crippen LogP contribution in [-0.2, 0) is 14.8 Å². The first-order chi connectivity index (χ1) is 8.30. The second-order valence-corrected chi connectivity index (χ2v) is 8.94. The van der Waals surface area contributed by atoms with E-state index in [-0.39, 0.29) is 16.4 Å². The molecule has 18 heavy (non-hydrogen) atoms. The Morgan fingerprint density at radius 2 is 2.00 bits per heavy atom. The number of thiophene rings is 1. The summed E-state index contributed by atoms with van der Waals surface area (Å²) in [5, 5.41) is 0. The largest absolute Gasteiger partial charge is 0.373 e. The Hall–Kier alpha value is 0.340. The van der Waals surface area contributed by atoms with Gasteiger partial charge in [0.05, 0.1) is 21.0 Å². The number of hydrogen-bond acceptors (Lipinski definition) is 4. The average Bonchev–Trinajstić information content (AvgIpc) is 2.57. The molecule has 0 amide bonds. The molecule has 0 spiro atoms. The van der Waals surface area contributed by atoms with Gasteiger partial charge in [0.2, 0.25) is 0 Å². The molecule has 1 aromatic heterocycles. The third-order valence-electron chi connectivity index (χ3n) is 2.59. The molecule has 2 heterocycles. The number of nitrogens with zero attached hydrogens (tertiary/aromatic N) is 1. The number of morpholine rings is 1. The highest BCUT2D eigenvalue weighted by atomic mass is 79.9. The predicted molar refractivity (Wildman–Crippen MR) is 75.8 cm³/mol. The van der Waals surface area contributed by atoms with Crippen LogP contribution in [0.3, 0.4) is 0 Å². The van der Waals surface area contributed by atoms with Crippen LogP contribution in [0, 0.1) is 0 Å². The average molecular weight is 375 g/mol. The van der Waals surface area contributed by atoms with Crippen LogP contribution in [-0.4, -0.2) is 38.0 Å². The van der Waals surface area contributed by atoms with Crippen molar-refractivity contribution in [2.24, 2.45) is 0 Å². The van der Waals surface area contributed by atoms with E-state index in [1.807, 2.05) is 13.8 Å². The summed E-state index contributed by atoms with van der Waals surface area (Å²) in [4.78, 5) is 0. The molecule has 0 aromatic carbocycles. The van der Waals surface area contributed by atoms with E-state index in [0.29, 0.717) is 21.9 Å². The number of halogens is 2. The number of rotatable bonds is 2. The first-order valence-corrected chi connectivity index (χ1v) is 8.84. The minimum absolute atomic E-state index is 0.0993. The molecule has 1 aliphatic rings. The van der Waals surface area contributed by atoms with Crippen LogP contribution in [0.4, 0.5) is 0 Å². The Morgan fingerprint density at radius 1 is 1.44 bits per heavy atom. The van der Waals surface area contributed by atoms with E-state index < -0.39 is 10.0 Å². The SMILES string of the molecule is C[C@@H]1CN(S(=O)(=O)c2sc(Cl)cc2Br)C[C@H](C)O1. The second kappa shape index (κ2) is 5.38. The zero-order valence-electron chi connectivity index (χ0n) is 9.89. The van der Waals surface area contributed by atoms with Crippen molar-refractivity contribution in [1.82, 2.24) is 4.31 Å². The molecule has 8 heteroatoms. The fourth-order valence-electron chi connectivity index (χ4n) is 1.95. The molecule has 1 saturated heterocycles. The molecule has 0 unspecified atom stereocenters. The molecular weight excluding hydrogens is 362 g/mol. The van der Waals surface area contributed by atoms with Gasteiger partial charge in [-0.25, -0.2) is 8.42 Å². The fourth-order valence-corrected chi connectivity index (χ4v) is 6.66. The highest BCUT2D eigenvalue weighted by Crippen LogP contribution is 2.36. The van der Waals surface area contributed by atoms with Crippen molar-refractivity contribution in [3.05, 3.63) is 14.9 Å². The lowest BCUT2D eigenvalue weighted by Gasteiger charge is -2.34. The van der Waals surface area contributed by atoms with Gasteiger partial charge in [-0.3, -0.25) is 0 Å². The van der Waals surface area contributed by atoms with Crippen molar-refractivity contribution in [2.75, 3.05) is 13.1 Å². The molecular formula is C10H13BrClNO3S2. The minimum atomic E-state index is -3.50. The third-order valence-corrected chi connectivity index (χ3v) is 7.34. The van der Waals surface area contributed by atoms with Gasteiger partial charge >= 0.3 is 0 Å². The lowest BCUT2D eigenvalue weighted by molar-refractivity contribution is -0.0440. The molecule has 1 fully saturated rings. The summed E-state index contributed by atoms with van der Waals surface area (Å²) in [6.07, 6.45) is -0.199. The Kier molecular flexibility index (Phi) is 4.40. The second-order valence-electron chi connectivity index (χ2n) is 4.27. The van der Waals surface area contributed by atoms with E-state index in [2.05, 4.69) is 15.9 Å². The first kappa shape index (κ1) is 14.7. The van der Waals surface area contributed by atoms with Crippen LogP contribution in [0.2, 0.25) is 4.34 Å². The van der Waals surface area contributed by atoms with Gasteiger partial charge in [0.15, 0.2) is 4.21 Å². The molecule has 2 atom stereocenters. The van der Waals surface area contributed by atoms with Crippen molar-refractivity contribution < 1.29 is 13.2 Å². The summed E-state index contributed by atoms with van der Waals surface area (Å²) in [5.74, 6) is 0. The van der Waals surface area contributed by atoms with Crippen LogP contribution in [0.15, 0.2) is 14.7 Å². The Bertz CT molecular complexity index is 535.